The van der Waals surface area contributed by atoms with E-state index in [1.807, 2.05) is 26.0 Å². The molecule has 0 saturated heterocycles. The second-order valence-corrected chi connectivity index (χ2v) is 5.90. The number of nitrogens with zero attached hydrogens (tertiary/aromatic N) is 2. The van der Waals surface area contributed by atoms with E-state index in [9.17, 15) is 13.2 Å². The monoisotopic (exact) mass is 361 g/mol. The Kier molecular flexibility index (Phi) is 4.73. The van der Waals surface area contributed by atoms with Crippen molar-refractivity contribution >= 4 is 15.9 Å². The molecule has 0 aliphatic rings. The van der Waals surface area contributed by atoms with Gasteiger partial charge >= 0.3 is 6.18 Å². The van der Waals surface area contributed by atoms with Crippen molar-refractivity contribution in [3.8, 4) is 5.69 Å². The van der Waals surface area contributed by atoms with Crippen molar-refractivity contribution in [3.05, 3.63) is 46.2 Å². The van der Waals surface area contributed by atoms with Gasteiger partial charge in [0.05, 0.1) is 17.4 Å². The molecular weight excluding hydrogens is 347 g/mol. The van der Waals surface area contributed by atoms with Gasteiger partial charge in [-0.05, 0) is 17.7 Å². The van der Waals surface area contributed by atoms with Crippen LogP contribution in [0.2, 0.25) is 0 Å². The van der Waals surface area contributed by atoms with Gasteiger partial charge in [-0.25, -0.2) is 4.68 Å². The number of halogens is 4. The maximum Gasteiger partial charge on any atom is 0.419 e. The van der Waals surface area contributed by atoms with Crippen molar-refractivity contribution in [1.29, 1.82) is 0 Å². The number of hydrogen-bond acceptors (Lipinski definition) is 2. The maximum atomic E-state index is 12.7. The third-order valence-electron chi connectivity index (χ3n) is 2.90. The summed E-state index contributed by atoms with van der Waals surface area (Å²) in [5, 5.41) is 7.08. The van der Waals surface area contributed by atoms with Gasteiger partial charge in [0.1, 0.15) is 0 Å². The molecule has 0 aliphatic carbocycles. The van der Waals surface area contributed by atoms with Gasteiger partial charge in [0.15, 0.2) is 0 Å². The van der Waals surface area contributed by atoms with Crippen LogP contribution in [0.1, 0.15) is 25.0 Å². The second kappa shape index (κ2) is 6.19. The van der Waals surface area contributed by atoms with Gasteiger partial charge in [0, 0.05) is 23.3 Å². The van der Waals surface area contributed by atoms with Crippen LogP contribution in [0.4, 0.5) is 13.2 Å². The molecule has 7 heteroatoms. The van der Waals surface area contributed by atoms with E-state index in [0.717, 1.165) is 22.4 Å². The summed E-state index contributed by atoms with van der Waals surface area (Å²) in [4.78, 5) is 0. The van der Waals surface area contributed by atoms with Crippen LogP contribution in [0.3, 0.4) is 0 Å². The highest BCUT2D eigenvalue weighted by molar-refractivity contribution is 9.10. The van der Waals surface area contributed by atoms with Gasteiger partial charge in [-0.3, -0.25) is 0 Å². The first-order valence-electron chi connectivity index (χ1n) is 6.41. The number of benzene rings is 1. The fourth-order valence-electron chi connectivity index (χ4n) is 1.81. The summed E-state index contributed by atoms with van der Waals surface area (Å²) in [6, 6.07) is 5.76. The molecule has 1 N–H and O–H groups in total. The van der Waals surface area contributed by atoms with Crippen molar-refractivity contribution in [2.75, 3.05) is 0 Å². The molecule has 0 amide bonds. The summed E-state index contributed by atoms with van der Waals surface area (Å²) in [6.07, 6.45) is -2.55. The molecule has 0 radical (unpaired) electrons. The number of rotatable bonds is 4. The van der Waals surface area contributed by atoms with Crippen LogP contribution in [0.15, 0.2) is 35.1 Å². The Morgan fingerprint density at radius 3 is 2.62 bits per heavy atom. The molecule has 1 aromatic carbocycles. The van der Waals surface area contributed by atoms with E-state index in [1.165, 1.54) is 4.68 Å². The lowest BCUT2D eigenvalue weighted by Crippen LogP contribution is -2.22. The predicted molar refractivity (Wildman–Crippen MR) is 78.2 cm³/mol. The van der Waals surface area contributed by atoms with E-state index >= 15 is 0 Å². The normalized spacial score (nSPS) is 12.1. The lowest BCUT2D eigenvalue weighted by Gasteiger charge is -2.13. The summed E-state index contributed by atoms with van der Waals surface area (Å²) in [7, 11) is 0. The molecule has 0 fully saturated rings. The van der Waals surface area contributed by atoms with Gasteiger partial charge in [-0.15, -0.1) is 0 Å². The molecule has 0 saturated carbocycles. The minimum atomic E-state index is -4.39. The molecule has 0 bridgehead atoms. The summed E-state index contributed by atoms with van der Waals surface area (Å²) >= 11 is 3.34. The van der Waals surface area contributed by atoms with Crippen molar-refractivity contribution in [3.63, 3.8) is 0 Å². The number of aromatic nitrogens is 2. The first-order chi connectivity index (χ1) is 9.77. The Hall–Kier alpha value is -1.34. The highest BCUT2D eigenvalue weighted by atomic mass is 79.9. The molecule has 0 unspecified atom stereocenters. The van der Waals surface area contributed by atoms with Crippen LogP contribution in [-0.2, 0) is 12.7 Å². The topological polar surface area (TPSA) is 29.9 Å². The zero-order chi connectivity index (χ0) is 15.6. The minimum Gasteiger partial charge on any atom is -0.310 e. The first-order valence-corrected chi connectivity index (χ1v) is 7.20. The minimum absolute atomic E-state index is 0.282. The van der Waals surface area contributed by atoms with Crippen LogP contribution in [-0.4, -0.2) is 15.8 Å². The van der Waals surface area contributed by atoms with Crippen LogP contribution in [0.5, 0.6) is 0 Å². The number of alkyl halides is 3. The van der Waals surface area contributed by atoms with E-state index in [2.05, 4.69) is 26.3 Å². The molecule has 2 rings (SSSR count). The largest absolute Gasteiger partial charge is 0.419 e. The average molecular weight is 362 g/mol. The quantitative estimate of drug-likeness (QED) is 0.886. The first kappa shape index (κ1) is 16.0. The second-order valence-electron chi connectivity index (χ2n) is 4.98. The van der Waals surface area contributed by atoms with Crippen molar-refractivity contribution < 1.29 is 13.2 Å². The summed E-state index contributed by atoms with van der Waals surface area (Å²) in [5.74, 6) is 0. The number of hydrogen-bond donors (Lipinski definition) is 1. The fraction of sp³-hybridized carbons (Fsp3) is 0.357. The molecule has 2 aromatic rings. The third kappa shape index (κ3) is 4.07. The van der Waals surface area contributed by atoms with Gasteiger partial charge in [0.25, 0.3) is 0 Å². The summed E-state index contributed by atoms with van der Waals surface area (Å²) in [5.41, 5.74) is 0.738. The summed E-state index contributed by atoms with van der Waals surface area (Å²) < 4.78 is 40.1. The van der Waals surface area contributed by atoms with Gasteiger partial charge in [0.2, 0.25) is 0 Å². The van der Waals surface area contributed by atoms with E-state index < -0.39 is 11.7 Å². The van der Waals surface area contributed by atoms with E-state index in [-0.39, 0.29) is 6.04 Å². The van der Waals surface area contributed by atoms with Gasteiger partial charge in [-0.2, -0.15) is 18.3 Å². The van der Waals surface area contributed by atoms with E-state index in [0.29, 0.717) is 12.2 Å². The van der Waals surface area contributed by atoms with E-state index in [4.69, 9.17) is 0 Å². The molecule has 21 heavy (non-hydrogen) atoms. The highest BCUT2D eigenvalue weighted by Crippen LogP contribution is 2.30. The number of nitrogens with one attached hydrogen (secondary N) is 1. The van der Waals surface area contributed by atoms with Crippen LogP contribution < -0.4 is 5.32 Å². The zero-order valence-corrected chi connectivity index (χ0v) is 13.2. The SMILES string of the molecule is CC(C)NCc1ccc(Br)cc1-n1cc(C(F)(F)F)cn1. The lowest BCUT2D eigenvalue weighted by molar-refractivity contribution is -0.137. The smallest absolute Gasteiger partial charge is 0.310 e. The third-order valence-corrected chi connectivity index (χ3v) is 3.40. The molecule has 0 atom stereocenters. The van der Waals surface area contributed by atoms with Crippen LogP contribution in [0, 0.1) is 0 Å². The van der Waals surface area contributed by atoms with Crippen LogP contribution >= 0.6 is 15.9 Å². The highest BCUT2D eigenvalue weighted by Gasteiger charge is 2.32. The standard InChI is InChI=1S/C14H15BrF3N3/c1-9(2)19-6-10-3-4-12(15)5-13(10)21-8-11(7-20-21)14(16,17)18/h3-5,7-9,19H,6H2,1-2H3. The Morgan fingerprint density at radius 1 is 1.33 bits per heavy atom. The molecule has 0 spiro atoms. The Labute approximate surface area is 129 Å². The molecule has 3 nitrogen and oxygen atoms in total. The average Bonchev–Trinajstić information content (AvgIpc) is 2.86. The Morgan fingerprint density at radius 2 is 2.05 bits per heavy atom. The van der Waals surface area contributed by atoms with Crippen molar-refractivity contribution in [2.45, 2.75) is 32.6 Å². The molecule has 1 heterocycles. The Balaban J connectivity index is 2.37. The van der Waals surface area contributed by atoms with Gasteiger partial charge in [-0.1, -0.05) is 35.8 Å². The molecule has 0 aliphatic heterocycles. The van der Waals surface area contributed by atoms with Crippen molar-refractivity contribution in [1.82, 2.24) is 15.1 Å². The predicted octanol–water partition coefficient (Wildman–Crippen LogP) is 4.15. The van der Waals surface area contributed by atoms with Gasteiger partial charge < -0.3 is 5.32 Å². The maximum absolute atomic E-state index is 12.7. The zero-order valence-electron chi connectivity index (χ0n) is 11.6. The van der Waals surface area contributed by atoms with Crippen molar-refractivity contribution in [2.24, 2.45) is 0 Å². The molecular formula is C14H15BrF3N3. The molecule has 1 aromatic heterocycles. The van der Waals surface area contributed by atoms with Crippen LogP contribution in [0.25, 0.3) is 5.69 Å². The summed E-state index contributed by atoms with van der Waals surface area (Å²) in [6.45, 7) is 4.57. The molecule has 114 valence electrons. The fourth-order valence-corrected chi connectivity index (χ4v) is 2.16. The van der Waals surface area contributed by atoms with E-state index in [1.54, 1.807) is 6.07 Å². The Bertz CT molecular complexity index is 620. The lowest BCUT2D eigenvalue weighted by atomic mass is 10.1.